The average Bonchev–Trinajstić information content (AvgIpc) is 3.29. The smallest absolute Gasteiger partial charge is 0.295 e. The number of nitrogens with zero attached hydrogens (tertiary/aromatic N) is 1. The summed E-state index contributed by atoms with van der Waals surface area (Å²) in [7, 11) is 1.46. The number of benzene rings is 1. The lowest BCUT2D eigenvalue weighted by Crippen LogP contribution is -2.33. The fraction of sp³-hybridized carbons (Fsp3) is 0.333. The maximum absolute atomic E-state index is 12.9. The Bertz CT molecular complexity index is 939. The number of carbonyl (C=O) groups is 2. The highest BCUT2D eigenvalue weighted by Crippen LogP contribution is 2.42. The van der Waals surface area contributed by atoms with Gasteiger partial charge in [-0.05, 0) is 43.5 Å². The quantitative estimate of drug-likeness (QED) is 0.399. The third-order valence-corrected chi connectivity index (χ3v) is 5.71. The van der Waals surface area contributed by atoms with Crippen molar-refractivity contribution in [3.63, 3.8) is 0 Å². The molecule has 3 rings (SSSR count). The number of hydrogen-bond acceptors (Lipinski definition) is 6. The molecule has 1 aromatic heterocycles. The summed E-state index contributed by atoms with van der Waals surface area (Å²) in [6.07, 6.45) is 0.00253. The first kappa shape index (κ1) is 21.4. The molecule has 2 heterocycles. The van der Waals surface area contributed by atoms with E-state index < -0.39 is 17.7 Å². The number of carbonyl (C=O) groups excluding carboxylic acids is 2. The summed E-state index contributed by atoms with van der Waals surface area (Å²) < 4.78 is 10.9. The van der Waals surface area contributed by atoms with Gasteiger partial charge in [0.05, 0.1) is 37.0 Å². The minimum atomic E-state index is -0.743. The normalized spacial score (nSPS) is 18.7. The van der Waals surface area contributed by atoms with Crippen molar-refractivity contribution >= 4 is 40.4 Å². The number of Topliss-reactive ketones (excluding diaryl/α,β-unsaturated/α-hetero) is 1. The molecule has 1 saturated heterocycles. The maximum atomic E-state index is 12.9. The molecular formula is C21H22ClNO5S. The summed E-state index contributed by atoms with van der Waals surface area (Å²) in [5, 5.41) is 13.3. The van der Waals surface area contributed by atoms with Gasteiger partial charge in [0.1, 0.15) is 11.5 Å². The van der Waals surface area contributed by atoms with Crippen molar-refractivity contribution in [3.05, 3.63) is 56.7 Å². The molecule has 1 fully saturated rings. The maximum Gasteiger partial charge on any atom is 0.295 e. The number of methoxy groups -OCH3 is 1. The van der Waals surface area contributed by atoms with E-state index in [2.05, 4.69) is 0 Å². The molecule has 1 atom stereocenters. The summed E-state index contributed by atoms with van der Waals surface area (Å²) in [5.41, 5.74) is 0.278. The van der Waals surface area contributed by atoms with Crippen molar-refractivity contribution in [2.45, 2.75) is 26.0 Å². The van der Waals surface area contributed by atoms with Gasteiger partial charge < -0.3 is 19.5 Å². The van der Waals surface area contributed by atoms with Crippen LogP contribution >= 0.6 is 22.9 Å². The number of amides is 1. The molecule has 29 heavy (non-hydrogen) atoms. The van der Waals surface area contributed by atoms with Gasteiger partial charge in [0.25, 0.3) is 11.7 Å². The van der Waals surface area contributed by atoms with Gasteiger partial charge in [0.15, 0.2) is 0 Å². The molecule has 8 heteroatoms. The molecule has 1 N–H and O–H groups in total. The first-order chi connectivity index (χ1) is 13.8. The number of hydrogen-bond donors (Lipinski definition) is 1. The van der Waals surface area contributed by atoms with E-state index in [1.54, 1.807) is 12.1 Å². The van der Waals surface area contributed by atoms with Crippen LogP contribution in [0.4, 0.5) is 0 Å². The van der Waals surface area contributed by atoms with Crippen LogP contribution in [-0.4, -0.2) is 48.1 Å². The van der Waals surface area contributed by atoms with E-state index in [0.717, 1.165) is 4.88 Å². The van der Waals surface area contributed by atoms with E-state index in [9.17, 15) is 14.7 Å². The summed E-state index contributed by atoms with van der Waals surface area (Å²) in [4.78, 5) is 27.9. The molecule has 0 saturated carbocycles. The minimum absolute atomic E-state index is 0.00253. The second kappa shape index (κ2) is 8.98. The summed E-state index contributed by atoms with van der Waals surface area (Å²) >= 11 is 7.49. The molecule has 0 bridgehead atoms. The van der Waals surface area contributed by atoms with Crippen molar-refractivity contribution in [1.29, 1.82) is 0 Å². The predicted octanol–water partition coefficient (Wildman–Crippen LogP) is 4.26. The van der Waals surface area contributed by atoms with Crippen molar-refractivity contribution in [1.82, 2.24) is 4.90 Å². The highest BCUT2D eigenvalue weighted by atomic mass is 35.5. The Kier molecular flexibility index (Phi) is 6.62. The van der Waals surface area contributed by atoms with Crippen molar-refractivity contribution in [3.8, 4) is 5.75 Å². The Balaban J connectivity index is 2.10. The summed E-state index contributed by atoms with van der Waals surface area (Å²) in [5.74, 6) is -1.37. The molecule has 1 amide bonds. The molecule has 0 spiro atoms. The average molecular weight is 436 g/mol. The summed E-state index contributed by atoms with van der Waals surface area (Å²) in [6, 6.07) is 7.70. The second-order valence-corrected chi connectivity index (χ2v) is 8.19. The zero-order chi connectivity index (χ0) is 21.1. The van der Waals surface area contributed by atoms with Crippen LogP contribution in [0.15, 0.2) is 41.3 Å². The zero-order valence-corrected chi connectivity index (χ0v) is 17.9. The van der Waals surface area contributed by atoms with Crippen LogP contribution in [-0.2, 0) is 14.3 Å². The molecular weight excluding hydrogens is 414 g/mol. The Labute approximate surface area is 178 Å². The monoisotopic (exact) mass is 435 g/mol. The number of halogens is 1. The van der Waals surface area contributed by atoms with E-state index in [-0.39, 0.29) is 36.2 Å². The lowest BCUT2D eigenvalue weighted by molar-refractivity contribution is -0.140. The lowest BCUT2D eigenvalue weighted by Gasteiger charge is -2.24. The van der Waals surface area contributed by atoms with Crippen molar-refractivity contribution in [2.24, 2.45) is 0 Å². The first-order valence-corrected chi connectivity index (χ1v) is 10.4. The van der Waals surface area contributed by atoms with E-state index >= 15 is 0 Å². The lowest BCUT2D eigenvalue weighted by atomic mass is 9.99. The number of ether oxygens (including phenoxy) is 2. The molecule has 1 unspecified atom stereocenters. The van der Waals surface area contributed by atoms with Crippen LogP contribution in [0, 0.1) is 0 Å². The summed E-state index contributed by atoms with van der Waals surface area (Å²) in [6.45, 7) is 4.31. The predicted molar refractivity (Wildman–Crippen MR) is 112 cm³/mol. The van der Waals surface area contributed by atoms with Crippen LogP contribution in [0.2, 0.25) is 5.02 Å². The van der Waals surface area contributed by atoms with Crippen molar-refractivity contribution in [2.75, 3.05) is 20.3 Å². The van der Waals surface area contributed by atoms with E-state index in [1.165, 1.54) is 29.4 Å². The fourth-order valence-electron chi connectivity index (χ4n) is 3.25. The molecule has 1 aliphatic rings. The number of likely N-dealkylation sites (tertiary alicyclic amines) is 1. The molecule has 0 radical (unpaired) electrons. The third kappa shape index (κ3) is 4.32. The molecule has 2 aromatic rings. The molecule has 1 aliphatic heterocycles. The van der Waals surface area contributed by atoms with Gasteiger partial charge >= 0.3 is 0 Å². The van der Waals surface area contributed by atoms with E-state index in [0.29, 0.717) is 10.8 Å². The van der Waals surface area contributed by atoms with Gasteiger partial charge in [-0.25, -0.2) is 0 Å². The van der Waals surface area contributed by atoms with Crippen LogP contribution in [0.25, 0.3) is 5.76 Å². The highest BCUT2D eigenvalue weighted by molar-refractivity contribution is 7.10. The topological polar surface area (TPSA) is 76.1 Å². The number of thiophene rings is 1. The Morgan fingerprint density at radius 3 is 2.69 bits per heavy atom. The number of ketones is 1. The van der Waals surface area contributed by atoms with Crippen LogP contribution < -0.4 is 4.74 Å². The van der Waals surface area contributed by atoms with Crippen LogP contribution in [0.5, 0.6) is 5.75 Å². The Hall–Kier alpha value is -2.35. The van der Waals surface area contributed by atoms with Gasteiger partial charge in [-0.15, -0.1) is 11.3 Å². The first-order valence-electron chi connectivity index (χ1n) is 9.12. The second-order valence-electron chi connectivity index (χ2n) is 6.77. The molecule has 1 aromatic carbocycles. The standard InChI is InChI=1S/C21H22ClNO5S/c1-12(2)28-9-8-23-18(16-5-4-10-29-16)17(20(25)21(23)26)19(24)14-11-13(22)6-7-15(14)27-3/h4-7,10-12,18,24H,8-9H2,1-3H3/b19-17-. The van der Waals surface area contributed by atoms with Gasteiger partial charge in [-0.2, -0.15) is 0 Å². The third-order valence-electron chi connectivity index (χ3n) is 4.55. The van der Waals surface area contributed by atoms with Crippen molar-refractivity contribution < 1.29 is 24.2 Å². The fourth-order valence-corrected chi connectivity index (χ4v) is 4.27. The minimum Gasteiger partial charge on any atom is -0.507 e. The number of rotatable bonds is 7. The zero-order valence-electron chi connectivity index (χ0n) is 16.3. The largest absolute Gasteiger partial charge is 0.507 e. The van der Waals surface area contributed by atoms with Gasteiger partial charge in [-0.3, -0.25) is 9.59 Å². The Morgan fingerprint density at radius 2 is 2.07 bits per heavy atom. The highest BCUT2D eigenvalue weighted by Gasteiger charge is 2.46. The van der Waals surface area contributed by atoms with Gasteiger partial charge in [-0.1, -0.05) is 17.7 Å². The number of aliphatic hydroxyl groups is 1. The van der Waals surface area contributed by atoms with Gasteiger partial charge in [0, 0.05) is 16.4 Å². The van der Waals surface area contributed by atoms with E-state index in [4.69, 9.17) is 21.1 Å². The molecule has 154 valence electrons. The SMILES string of the molecule is COc1ccc(Cl)cc1/C(O)=C1/C(=O)C(=O)N(CCOC(C)C)C1c1cccs1. The van der Waals surface area contributed by atoms with E-state index in [1.807, 2.05) is 31.4 Å². The molecule has 6 nitrogen and oxygen atoms in total. The van der Waals surface area contributed by atoms with Crippen LogP contribution in [0.1, 0.15) is 30.3 Å². The Morgan fingerprint density at radius 1 is 1.31 bits per heavy atom. The van der Waals surface area contributed by atoms with Crippen LogP contribution in [0.3, 0.4) is 0 Å². The van der Waals surface area contributed by atoms with Gasteiger partial charge in [0.2, 0.25) is 0 Å². The molecule has 0 aliphatic carbocycles. The number of aliphatic hydroxyl groups excluding tert-OH is 1.